The number of ether oxygens (including phenoxy) is 1. The molecule has 0 fully saturated rings. The van der Waals surface area contributed by atoms with E-state index in [9.17, 15) is 0 Å². The molecule has 1 aromatic heterocycles. The van der Waals surface area contributed by atoms with Crippen LogP contribution in [0.25, 0.3) is 0 Å². The summed E-state index contributed by atoms with van der Waals surface area (Å²) in [5.74, 6) is 1.68. The number of nitrogens with two attached hydrogens (primary N) is 1. The van der Waals surface area contributed by atoms with Crippen LogP contribution in [0.15, 0.2) is 17.2 Å². The molecule has 1 rings (SSSR count). The molecular formula is C10H16N2OS. The van der Waals surface area contributed by atoms with Gasteiger partial charge in [-0.1, -0.05) is 13.3 Å². The number of hydrogen-bond acceptors (Lipinski definition) is 4. The lowest BCUT2D eigenvalue weighted by Gasteiger charge is -2.05. The highest BCUT2D eigenvalue weighted by Gasteiger charge is 2.03. The van der Waals surface area contributed by atoms with Crippen LogP contribution in [-0.2, 0) is 0 Å². The average molecular weight is 212 g/mol. The molecule has 78 valence electrons. The summed E-state index contributed by atoms with van der Waals surface area (Å²) < 4.78 is 5.04. The SMILES string of the molecule is CCCCSc1nc(OC)ccc1N. The van der Waals surface area contributed by atoms with Crippen LogP contribution >= 0.6 is 11.8 Å². The standard InChI is InChI=1S/C10H16N2OS/c1-3-4-7-14-10-8(11)5-6-9(12-10)13-2/h5-6H,3-4,7,11H2,1-2H3. The van der Waals surface area contributed by atoms with Gasteiger partial charge in [-0.3, -0.25) is 0 Å². The van der Waals surface area contributed by atoms with Gasteiger partial charge in [-0.25, -0.2) is 4.98 Å². The zero-order valence-corrected chi connectivity index (χ0v) is 9.43. The lowest BCUT2D eigenvalue weighted by molar-refractivity contribution is 0.395. The van der Waals surface area contributed by atoms with Crippen molar-refractivity contribution in [3.05, 3.63) is 12.1 Å². The van der Waals surface area contributed by atoms with E-state index in [1.165, 1.54) is 12.8 Å². The summed E-state index contributed by atoms with van der Waals surface area (Å²) in [5.41, 5.74) is 6.52. The minimum absolute atomic E-state index is 0.623. The second kappa shape index (κ2) is 5.75. The van der Waals surface area contributed by atoms with E-state index < -0.39 is 0 Å². The van der Waals surface area contributed by atoms with Gasteiger partial charge >= 0.3 is 0 Å². The predicted molar refractivity (Wildman–Crippen MR) is 60.8 cm³/mol. The Kier molecular flexibility index (Phi) is 4.59. The van der Waals surface area contributed by atoms with Crippen molar-refractivity contribution in [3.63, 3.8) is 0 Å². The number of aromatic nitrogens is 1. The molecule has 4 heteroatoms. The summed E-state index contributed by atoms with van der Waals surface area (Å²) in [5, 5.41) is 0.873. The highest BCUT2D eigenvalue weighted by molar-refractivity contribution is 7.99. The van der Waals surface area contributed by atoms with Crippen molar-refractivity contribution in [2.45, 2.75) is 24.8 Å². The minimum atomic E-state index is 0.623. The fourth-order valence-corrected chi connectivity index (χ4v) is 1.99. The van der Waals surface area contributed by atoms with Crippen molar-refractivity contribution < 1.29 is 4.74 Å². The van der Waals surface area contributed by atoms with Crippen molar-refractivity contribution in [2.24, 2.45) is 0 Å². The van der Waals surface area contributed by atoms with E-state index in [2.05, 4.69) is 11.9 Å². The van der Waals surface area contributed by atoms with Gasteiger partial charge < -0.3 is 10.5 Å². The second-order valence-corrected chi connectivity index (χ2v) is 4.03. The number of thioether (sulfide) groups is 1. The van der Waals surface area contributed by atoms with E-state index in [0.717, 1.165) is 16.5 Å². The lowest BCUT2D eigenvalue weighted by Crippen LogP contribution is -1.95. The minimum Gasteiger partial charge on any atom is -0.481 e. The van der Waals surface area contributed by atoms with E-state index in [4.69, 9.17) is 10.5 Å². The number of nitrogens with zero attached hydrogens (tertiary/aromatic N) is 1. The van der Waals surface area contributed by atoms with Gasteiger partial charge in [0, 0.05) is 6.07 Å². The van der Waals surface area contributed by atoms with E-state index >= 15 is 0 Å². The normalized spacial score (nSPS) is 10.1. The van der Waals surface area contributed by atoms with Gasteiger partial charge in [0.15, 0.2) is 0 Å². The van der Waals surface area contributed by atoms with Crippen LogP contribution in [0.2, 0.25) is 0 Å². The number of hydrogen-bond donors (Lipinski definition) is 1. The number of nitrogen functional groups attached to an aromatic ring is 1. The van der Waals surface area contributed by atoms with Crippen molar-refractivity contribution in [1.82, 2.24) is 4.98 Å². The van der Waals surface area contributed by atoms with Gasteiger partial charge in [-0.15, -0.1) is 11.8 Å². The summed E-state index contributed by atoms with van der Waals surface area (Å²) in [4.78, 5) is 4.28. The number of anilines is 1. The molecule has 2 N–H and O–H groups in total. The Bertz CT molecular complexity index is 291. The summed E-state index contributed by atoms with van der Waals surface area (Å²) in [6, 6.07) is 3.61. The van der Waals surface area contributed by atoms with Gasteiger partial charge in [0.25, 0.3) is 0 Å². The molecule has 1 aromatic rings. The molecule has 0 spiro atoms. The number of pyridine rings is 1. The summed E-state index contributed by atoms with van der Waals surface area (Å²) in [6.45, 7) is 2.17. The van der Waals surface area contributed by atoms with Crippen LogP contribution in [0.4, 0.5) is 5.69 Å². The van der Waals surface area contributed by atoms with Crippen molar-refractivity contribution in [1.29, 1.82) is 0 Å². The largest absolute Gasteiger partial charge is 0.481 e. The first-order valence-electron chi connectivity index (χ1n) is 4.71. The molecule has 0 saturated heterocycles. The lowest BCUT2D eigenvalue weighted by atomic mass is 10.4. The first kappa shape index (κ1) is 11.2. The topological polar surface area (TPSA) is 48.1 Å². The quantitative estimate of drug-likeness (QED) is 0.602. The Morgan fingerprint density at radius 1 is 1.50 bits per heavy atom. The molecule has 14 heavy (non-hydrogen) atoms. The maximum absolute atomic E-state index is 5.79. The molecule has 0 aliphatic heterocycles. The molecule has 1 heterocycles. The highest BCUT2D eigenvalue weighted by atomic mass is 32.2. The van der Waals surface area contributed by atoms with E-state index in [-0.39, 0.29) is 0 Å². The maximum atomic E-state index is 5.79. The molecule has 0 aliphatic carbocycles. The summed E-state index contributed by atoms with van der Waals surface area (Å²) in [7, 11) is 1.61. The number of unbranched alkanes of at least 4 members (excludes halogenated alkanes) is 1. The Morgan fingerprint density at radius 2 is 2.29 bits per heavy atom. The third-order valence-electron chi connectivity index (χ3n) is 1.81. The summed E-state index contributed by atoms with van der Waals surface area (Å²) in [6.07, 6.45) is 2.37. The van der Waals surface area contributed by atoms with Crippen molar-refractivity contribution in [3.8, 4) is 5.88 Å². The van der Waals surface area contributed by atoms with Crippen LogP contribution < -0.4 is 10.5 Å². The van der Waals surface area contributed by atoms with Gasteiger partial charge in [0.1, 0.15) is 5.03 Å². The fraction of sp³-hybridized carbons (Fsp3) is 0.500. The molecule has 0 aromatic carbocycles. The number of rotatable bonds is 5. The highest BCUT2D eigenvalue weighted by Crippen LogP contribution is 2.25. The first-order chi connectivity index (χ1) is 6.77. The van der Waals surface area contributed by atoms with E-state index in [1.807, 2.05) is 6.07 Å². The molecule has 0 bridgehead atoms. The molecule has 0 unspecified atom stereocenters. The Hall–Kier alpha value is -0.900. The molecule has 0 aliphatic rings. The smallest absolute Gasteiger partial charge is 0.214 e. The molecule has 0 amide bonds. The van der Waals surface area contributed by atoms with Crippen molar-refractivity contribution >= 4 is 17.4 Å². The zero-order valence-electron chi connectivity index (χ0n) is 8.62. The van der Waals surface area contributed by atoms with Gasteiger partial charge in [0.05, 0.1) is 12.8 Å². The Morgan fingerprint density at radius 3 is 2.93 bits per heavy atom. The molecular weight excluding hydrogens is 196 g/mol. The summed E-state index contributed by atoms with van der Waals surface area (Å²) >= 11 is 1.69. The third-order valence-corrected chi connectivity index (χ3v) is 2.90. The van der Waals surface area contributed by atoms with Gasteiger partial charge in [0.2, 0.25) is 5.88 Å². The van der Waals surface area contributed by atoms with Crippen LogP contribution in [-0.4, -0.2) is 17.8 Å². The maximum Gasteiger partial charge on any atom is 0.214 e. The van der Waals surface area contributed by atoms with Crippen molar-refractivity contribution in [2.75, 3.05) is 18.6 Å². The Balaban J connectivity index is 2.64. The predicted octanol–water partition coefficient (Wildman–Crippen LogP) is 2.56. The Labute approximate surface area is 89.1 Å². The van der Waals surface area contributed by atoms with Crippen LogP contribution in [0.1, 0.15) is 19.8 Å². The molecule has 0 saturated carbocycles. The fourth-order valence-electron chi connectivity index (χ4n) is 0.977. The van der Waals surface area contributed by atoms with Crippen LogP contribution in [0, 0.1) is 0 Å². The van der Waals surface area contributed by atoms with Crippen LogP contribution in [0.5, 0.6) is 5.88 Å². The van der Waals surface area contributed by atoms with E-state index in [0.29, 0.717) is 5.88 Å². The third kappa shape index (κ3) is 3.10. The average Bonchev–Trinajstić information content (AvgIpc) is 2.21. The molecule has 0 radical (unpaired) electrons. The first-order valence-corrected chi connectivity index (χ1v) is 5.69. The van der Waals surface area contributed by atoms with Gasteiger partial charge in [-0.05, 0) is 18.2 Å². The van der Waals surface area contributed by atoms with E-state index in [1.54, 1.807) is 24.9 Å². The number of methoxy groups -OCH3 is 1. The molecule has 3 nitrogen and oxygen atoms in total. The monoisotopic (exact) mass is 212 g/mol. The second-order valence-electron chi connectivity index (χ2n) is 2.95. The zero-order chi connectivity index (χ0) is 10.4. The van der Waals surface area contributed by atoms with Crippen LogP contribution in [0.3, 0.4) is 0 Å². The van der Waals surface area contributed by atoms with Gasteiger partial charge in [-0.2, -0.15) is 0 Å². The molecule has 0 atom stereocenters.